The number of hydrogen-bond acceptors (Lipinski definition) is 7. The van der Waals surface area contributed by atoms with E-state index in [1.165, 1.54) is 6.07 Å². The van der Waals surface area contributed by atoms with E-state index in [9.17, 15) is 19.1 Å². The molecule has 2 amide bonds. The highest BCUT2D eigenvalue weighted by Gasteiger charge is 2.56. The number of likely N-dealkylation sites (N-methyl/N-ethyl adjacent to an activating group) is 1. The molecule has 0 radical (unpaired) electrons. The Morgan fingerprint density at radius 1 is 1.00 bits per heavy atom. The number of amides is 2. The van der Waals surface area contributed by atoms with Crippen molar-refractivity contribution in [1.82, 2.24) is 14.7 Å². The predicted molar refractivity (Wildman–Crippen MR) is 180 cm³/mol. The number of aliphatic hydroxyl groups excluding tert-OH is 1. The minimum Gasteiger partial charge on any atom is -0.497 e. The second kappa shape index (κ2) is 15.1. The van der Waals surface area contributed by atoms with Gasteiger partial charge in [-0.05, 0) is 79.8 Å². The lowest BCUT2D eigenvalue weighted by Gasteiger charge is -2.39. The van der Waals surface area contributed by atoms with E-state index in [4.69, 9.17) is 9.47 Å². The number of piperidine rings is 2. The number of halogens is 2. The third-order valence-electron chi connectivity index (χ3n) is 11.2. The zero-order chi connectivity index (χ0) is 33.8. The minimum absolute atomic E-state index is 0.0400. The summed E-state index contributed by atoms with van der Waals surface area (Å²) in [7, 11) is 3.32. The van der Waals surface area contributed by atoms with Gasteiger partial charge in [-0.15, -0.1) is 0 Å². The van der Waals surface area contributed by atoms with Gasteiger partial charge in [-0.25, -0.2) is 8.78 Å². The number of carbonyl (C=O) groups is 2. The molecule has 0 spiro atoms. The largest absolute Gasteiger partial charge is 0.497 e. The van der Waals surface area contributed by atoms with Gasteiger partial charge in [0.15, 0.2) is 0 Å². The minimum atomic E-state index is -2.05. The molecule has 4 aliphatic heterocycles. The maximum atomic E-state index is 17.4. The Morgan fingerprint density at radius 2 is 1.69 bits per heavy atom. The van der Waals surface area contributed by atoms with Crippen LogP contribution in [0.3, 0.4) is 0 Å². The summed E-state index contributed by atoms with van der Waals surface area (Å²) in [5.41, 5.74) is 0.646. The molecule has 0 aromatic heterocycles. The molecule has 9 nitrogen and oxygen atoms in total. The number of likely N-dealkylation sites (tertiary alicyclic amines) is 2. The normalized spacial score (nSPS) is 25.0. The molecule has 0 aliphatic carbocycles. The Balaban J connectivity index is 1.14. The van der Waals surface area contributed by atoms with E-state index >= 15 is 4.39 Å². The highest BCUT2D eigenvalue weighted by molar-refractivity contribution is 5.87. The van der Waals surface area contributed by atoms with Crippen LogP contribution in [0, 0.1) is 11.7 Å². The third kappa shape index (κ3) is 7.19. The van der Waals surface area contributed by atoms with E-state index in [2.05, 4.69) is 9.80 Å². The summed E-state index contributed by atoms with van der Waals surface area (Å²) in [4.78, 5) is 34.6. The maximum absolute atomic E-state index is 17.4. The quantitative estimate of drug-likeness (QED) is 0.429. The number of nitrogens with zero attached hydrogens (tertiary/aromatic N) is 4. The summed E-state index contributed by atoms with van der Waals surface area (Å²) in [6.45, 7) is 4.25. The molecule has 0 unspecified atom stereocenters. The smallest absolute Gasteiger partial charge is 0.262 e. The van der Waals surface area contributed by atoms with Crippen LogP contribution >= 0.6 is 0 Å². The predicted octanol–water partition coefficient (Wildman–Crippen LogP) is 4.19. The number of anilines is 1. The molecule has 11 heteroatoms. The first-order valence-corrected chi connectivity index (χ1v) is 17.6. The first-order chi connectivity index (χ1) is 23.2. The molecule has 0 saturated carbocycles. The van der Waals surface area contributed by atoms with Gasteiger partial charge in [-0.3, -0.25) is 14.5 Å². The van der Waals surface area contributed by atoms with Crippen LogP contribution in [0.15, 0.2) is 42.5 Å². The SMILES string of the molecule is COc1ccc([C@@H]2CN(C3CCOCC3)C[C@@]2(F)C(=O)N2CCC(c3ccc(F)cc3N3CCC(C(=O)N(C)CCO)CC3)CC2)cc1. The van der Waals surface area contributed by atoms with Gasteiger partial charge >= 0.3 is 0 Å². The van der Waals surface area contributed by atoms with Crippen LogP contribution < -0.4 is 9.64 Å². The second-order valence-electron chi connectivity index (χ2n) is 14.0. The number of carbonyl (C=O) groups excluding carboxylic acids is 2. The Morgan fingerprint density at radius 3 is 2.33 bits per heavy atom. The van der Waals surface area contributed by atoms with E-state index < -0.39 is 17.5 Å². The lowest BCUT2D eigenvalue weighted by Crippen LogP contribution is -2.53. The molecule has 0 bridgehead atoms. The Kier molecular flexibility index (Phi) is 10.9. The van der Waals surface area contributed by atoms with E-state index in [-0.39, 0.29) is 42.8 Å². The van der Waals surface area contributed by atoms with Crippen LogP contribution in [0.2, 0.25) is 0 Å². The second-order valence-corrected chi connectivity index (χ2v) is 14.0. The Bertz CT molecular complexity index is 1410. The van der Waals surface area contributed by atoms with Gasteiger partial charge in [0.05, 0.1) is 13.7 Å². The monoisotopic (exact) mass is 668 g/mol. The van der Waals surface area contributed by atoms with Crippen molar-refractivity contribution in [2.75, 3.05) is 84.7 Å². The van der Waals surface area contributed by atoms with Gasteiger partial charge in [0, 0.05) is 89.6 Å². The number of ether oxygens (including phenoxy) is 2. The highest BCUT2D eigenvalue weighted by atomic mass is 19.1. The molecule has 4 fully saturated rings. The summed E-state index contributed by atoms with van der Waals surface area (Å²) in [5, 5.41) is 9.22. The number of benzene rings is 2. The van der Waals surface area contributed by atoms with Crippen LogP contribution in [0.25, 0.3) is 0 Å². The molecule has 2 aromatic carbocycles. The molecule has 262 valence electrons. The zero-order valence-electron chi connectivity index (χ0n) is 28.3. The van der Waals surface area contributed by atoms with Crippen molar-refractivity contribution < 1.29 is 33.0 Å². The fourth-order valence-corrected chi connectivity index (χ4v) is 8.33. The van der Waals surface area contributed by atoms with Gasteiger partial charge in [0.1, 0.15) is 11.6 Å². The molecule has 1 N–H and O–H groups in total. The molecule has 2 aromatic rings. The number of hydrogen-bond donors (Lipinski definition) is 1. The third-order valence-corrected chi connectivity index (χ3v) is 11.2. The van der Waals surface area contributed by atoms with Crippen LogP contribution in [0.5, 0.6) is 5.75 Å². The van der Waals surface area contributed by atoms with Crippen LogP contribution in [-0.2, 0) is 14.3 Å². The average Bonchev–Trinajstić information content (AvgIpc) is 3.50. The zero-order valence-corrected chi connectivity index (χ0v) is 28.3. The van der Waals surface area contributed by atoms with Crippen LogP contribution in [-0.4, -0.2) is 123 Å². The van der Waals surface area contributed by atoms with E-state index in [0.29, 0.717) is 83.9 Å². The first-order valence-electron chi connectivity index (χ1n) is 17.6. The molecule has 2 atom stereocenters. The number of aliphatic hydroxyl groups is 1. The first kappa shape index (κ1) is 34.6. The van der Waals surface area contributed by atoms with Gasteiger partial charge in [-0.2, -0.15) is 0 Å². The Labute approximate surface area is 282 Å². The summed E-state index contributed by atoms with van der Waals surface area (Å²) >= 11 is 0. The van der Waals surface area contributed by atoms with Crippen molar-refractivity contribution in [2.45, 2.75) is 62.1 Å². The van der Waals surface area contributed by atoms with Gasteiger partial charge in [0.2, 0.25) is 11.6 Å². The number of methoxy groups -OCH3 is 1. The van der Waals surface area contributed by atoms with Crippen molar-refractivity contribution >= 4 is 17.5 Å². The van der Waals surface area contributed by atoms with Crippen molar-refractivity contribution in [3.05, 3.63) is 59.4 Å². The summed E-state index contributed by atoms with van der Waals surface area (Å²) in [5.74, 6) is -0.599. The summed E-state index contributed by atoms with van der Waals surface area (Å²) < 4.78 is 42.9. The highest BCUT2D eigenvalue weighted by Crippen LogP contribution is 2.44. The molecule has 4 saturated heterocycles. The topological polar surface area (TPSA) is 85.8 Å². The van der Waals surface area contributed by atoms with E-state index in [0.717, 1.165) is 29.7 Å². The molecule has 4 heterocycles. The lowest BCUT2D eigenvalue weighted by atomic mass is 9.83. The van der Waals surface area contributed by atoms with Gasteiger partial charge < -0.3 is 29.3 Å². The van der Waals surface area contributed by atoms with Crippen molar-refractivity contribution in [1.29, 1.82) is 0 Å². The molecular weight excluding hydrogens is 618 g/mol. The number of rotatable bonds is 9. The van der Waals surface area contributed by atoms with Crippen molar-refractivity contribution in [2.24, 2.45) is 5.92 Å². The van der Waals surface area contributed by atoms with Crippen LogP contribution in [0.4, 0.5) is 14.5 Å². The molecular formula is C37H50F2N4O5. The van der Waals surface area contributed by atoms with Crippen molar-refractivity contribution in [3.8, 4) is 5.75 Å². The average molecular weight is 669 g/mol. The van der Waals surface area contributed by atoms with E-state index in [1.54, 1.807) is 30.0 Å². The molecule has 4 aliphatic rings. The molecule has 48 heavy (non-hydrogen) atoms. The maximum Gasteiger partial charge on any atom is 0.262 e. The fraction of sp³-hybridized carbons (Fsp3) is 0.622. The van der Waals surface area contributed by atoms with Crippen LogP contribution in [0.1, 0.15) is 61.5 Å². The fourth-order valence-electron chi connectivity index (χ4n) is 8.33. The Hall–Kier alpha value is -3.28. The van der Waals surface area contributed by atoms with Crippen molar-refractivity contribution in [3.63, 3.8) is 0 Å². The lowest BCUT2D eigenvalue weighted by molar-refractivity contribution is -0.145. The van der Waals surface area contributed by atoms with Gasteiger partial charge in [-0.1, -0.05) is 18.2 Å². The standard InChI is InChI=1S/C37H50F2N4O5/c1-40(19-20-44)35(45)28-11-15-41(16-12-28)34-23-29(38)5-8-32(34)26-9-17-42(18-10-26)36(46)37(39)25-43(30-13-21-48-22-14-30)24-33(37)27-3-6-31(47-2)7-4-27/h3-8,23,26,28,30,33,44H,9-22,24-25H2,1-2H3/t33-,37-/m0/s1. The van der Waals surface area contributed by atoms with E-state index in [1.807, 2.05) is 30.3 Å². The molecule has 6 rings (SSSR count). The summed E-state index contributed by atoms with van der Waals surface area (Å²) in [6.07, 6.45) is 4.32. The summed E-state index contributed by atoms with van der Waals surface area (Å²) in [6, 6.07) is 12.6. The van der Waals surface area contributed by atoms with Gasteiger partial charge in [0.25, 0.3) is 5.91 Å². The number of alkyl halides is 1.